The van der Waals surface area contributed by atoms with Gasteiger partial charge in [0.15, 0.2) is 6.10 Å². The van der Waals surface area contributed by atoms with Crippen LogP contribution in [-0.2, 0) is 28.6 Å². The fourth-order valence-corrected chi connectivity index (χ4v) is 8.29. The van der Waals surface area contributed by atoms with Crippen molar-refractivity contribution in [2.45, 2.75) is 264 Å². The van der Waals surface area contributed by atoms with Crippen molar-refractivity contribution < 1.29 is 28.6 Å². The molecule has 0 fully saturated rings. The fourth-order valence-electron chi connectivity index (χ4n) is 8.29. The molecule has 82 heavy (non-hydrogen) atoms. The first-order chi connectivity index (χ1) is 40.5. The Hall–Kier alpha value is -5.49. The second-order valence-electron chi connectivity index (χ2n) is 20.9. The van der Waals surface area contributed by atoms with E-state index in [1.165, 1.54) is 12.8 Å². The number of esters is 3. The zero-order valence-corrected chi connectivity index (χ0v) is 52.4. The summed E-state index contributed by atoms with van der Waals surface area (Å²) < 4.78 is 16.9. The molecule has 0 saturated heterocycles. The van der Waals surface area contributed by atoms with Crippen LogP contribution in [0.15, 0.2) is 182 Å². The van der Waals surface area contributed by atoms with E-state index in [2.05, 4.69) is 203 Å². The Labute approximate surface area is 504 Å². The third-order valence-corrected chi connectivity index (χ3v) is 13.1. The van der Waals surface area contributed by atoms with Gasteiger partial charge >= 0.3 is 17.9 Å². The Morgan fingerprint density at radius 1 is 0.256 bits per heavy atom. The number of carbonyl (C=O) groups excluding carboxylic acids is 3. The van der Waals surface area contributed by atoms with Gasteiger partial charge < -0.3 is 14.2 Å². The molecule has 6 heteroatoms. The normalized spacial score (nSPS) is 13.4. The van der Waals surface area contributed by atoms with E-state index in [0.29, 0.717) is 12.8 Å². The molecule has 0 aromatic heterocycles. The van der Waals surface area contributed by atoms with Gasteiger partial charge in [-0.3, -0.25) is 14.4 Å². The maximum absolute atomic E-state index is 12.9. The Morgan fingerprint density at radius 2 is 0.476 bits per heavy atom. The van der Waals surface area contributed by atoms with Gasteiger partial charge in [-0.05, 0) is 154 Å². The summed E-state index contributed by atoms with van der Waals surface area (Å²) in [6, 6.07) is 0. The second kappa shape index (κ2) is 68.0. The third-order valence-electron chi connectivity index (χ3n) is 13.1. The molecule has 0 aromatic rings. The molecule has 1 atom stereocenters. The summed E-state index contributed by atoms with van der Waals surface area (Å²) in [7, 11) is 0. The van der Waals surface area contributed by atoms with E-state index < -0.39 is 6.10 Å². The number of unbranched alkanes of at least 4 members (excludes halogenated alkanes) is 16. The van der Waals surface area contributed by atoms with E-state index >= 15 is 0 Å². The first-order valence-corrected chi connectivity index (χ1v) is 32.8. The molecule has 0 spiro atoms. The van der Waals surface area contributed by atoms with Gasteiger partial charge in [-0.15, -0.1) is 0 Å². The minimum absolute atomic E-state index is 0.106. The summed E-state index contributed by atoms with van der Waals surface area (Å²) in [6.45, 7) is 6.30. The smallest absolute Gasteiger partial charge is 0.306 e. The number of hydrogen-bond acceptors (Lipinski definition) is 6. The molecule has 0 aliphatic heterocycles. The molecule has 1 unspecified atom stereocenters. The topological polar surface area (TPSA) is 78.9 Å². The summed E-state index contributed by atoms with van der Waals surface area (Å²) in [5.41, 5.74) is 0. The lowest BCUT2D eigenvalue weighted by atomic mass is 10.1. The summed E-state index contributed by atoms with van der Waals surface area (Å²) in [4.78, 5) is 38.3. The van der Waals surface area contributed by atoms with Gasteiger partial charge in [0.25, 0.3) is 0 Å². The zero-order chi connectivity index (χ0) is 59.2. The van der Waals surface area contributed by atoms with Crippen LogP contribution < -0.4 is 0 Å². The van der Waals surface area contributed by atoms with Crippen LogP contribution in [0.1, 0.15) is 258 Å². The van der Waals surface area contributed by atoms with Crippen molar-refractivity contribution >= 4 is 17.9 Å². The van der Waals surface area contributed by atoms with Crippen LogP contribution in [0.3, 0.4) is 0 Å². The van der Waals surface area contributed by atoms with Crippen LogP contribution in [0, 0.1) is 0 Å². The highest BCUT2D eigenvalue weighted by atomic mass is 16.6. The lowest BCUT2D eigenvalue weighted by molar-refractivity contribution is -0.167. The molecule has 458 valence electrons. The molecule has 0 heterocycles. The van der Waals surface area contributed by atoms with Crippen LogP contribution >= 0.6 is 0 Å². The molecule has 0 aliphatic carbocycles. The van der Waals surface area contributed by atoms with Crippen LogP contribution in [0.4, 0.5) is 0 Å². The third kappa shape index (κ3) is 65.3. The monoisotopic (exact) mass is 1130 g/mol. The van der Waals surface area contributed by atoms with Crippen molar-refractivity contribution in [1.82, 2.24) is 0 Å². The quantitative estimate of drug-likeness (QED) is 0.0261. The average molecular weight is 1130 g/mol. The molecule has 0 aromatic carbocycles. The SMILES string of the molecule is CC/C=C\C/C=C\C/C=C\C/C=C\C/C=C\C/C=C\C/C=C\CCCCCCCC(=O)OCC(COC(=O)CCCCCCC/C=C\CCC)OC(=O)CCCCCCC/C=C\C/C=C\C/C=C\C/C=C\C/C=C\C/C=C\C/C=C\CC. The van der Waals surface area contributed by atoms with Crippen LogP contribution in [-0.4, -0.2) is 37.2 Å². The second-order valence-corrected chi connectivity index (χ2v) is 20.9. The molecule has 0 saturated carbocycles. The van der Waals surface area contributed by atoms with Crippen LogP contribution in [0.2, 0.25) is 0 Å². The van der Waals surface area contributed by atoms with Crippen molar-refractivity contribution in [1.29, 1.82) is 0 Å². The van der Waals surface area contributed by atoms with Crippen molar-refractivity contribution in [2.24, 2.45) is 0 Å². The lowest BCUT2D eigenvalue weighted by Gasteiger charge is -2.18. The lowest BCUT2D eigenvalue weighted by Crippen LogP contribution is -2.30. The summed E-state index contributed by atoms with van der Waals surface area (Å²) in [5, 5.41) is 0. The van der Waals surface area contributed by atoms with Gasteiger partial charge in [-0.2, -0.15) is 0 Å². The van der Waals surface area contributed by atoms with Crippen molar-refractivity contribution in [2.75, 3.05) is 13.2 Å². The summed E-state index contributed by atoms with van der Waals surface area (Å²) >= 11 is 0. The van der Waals surface area contributed by atoms with Crippen molar-refractivity contribution in [3.63, 3.8) is 0 Å². The van der Waals surface area contributed by atoms with Crippen molar-refractivity contribution in [3.05, 3.63) is 182 Å². The Kier molecular flexibility index (Phi) is 63.5. The number of allylic oxidation sites excluding steroid dienone is 30. The molecule has 0 N–H and O–H groups in total. The predicted molar refractivity (Wildman–Crippen MR) is 357 cm³/mol. The standard InChI is InChI=1S/C76H118O6/c1-4-7-10-13-16-19-22-24-26-28-30-32-34-36-38-40-42-44-46-48-50-52-54-57-60-63-66-69-75(78)81-72-73(71-80-74(77)68-65-62-59-56-21-18-15-12-9-6-3)82-76(79)70-67-64-61-58-55-53-51-49-47-45-43-41-39-37-35-33-31-29-27-25-23-20-17-14-11-8-5-2/h7-8,10-12,15-17,19-20,24-27,30-33,36-39,42-45,48-51,73H,4-6,9,13-14,18,21-23,28-29,34-35,40-41,46-47,52-72H2,1-3H3/b10-7-,11-8-,15-12-,19-16-,20-17-,26-24-,27-25-,32-30-,33-31-,38-36-,39-37-,44-42-,45-43-,50-48-,51-49-. The molecule has 0 aliphatic rings. The predicted octanol–water partition coefficient (Wildman–Crippen LogP) is 22.8. The summed E-state index contributed by atoms with van der Waals surface area (Å²) in [5.74, 6) is -0.963. The molecule has 0 bridgehead atoms. The molecule has 0 radical (unpaired) electrons. The van der Waals surface area contributed by atoms with E-state index in [1.807, 2.05) is 0 Å². The molecule has 0 rings (SSSR count). The average Bonchev–Trinajstić information content (AvgIpc) is 3.48. The maximum Gasteiger partial charge on any atom is 0.306 e. The fraction of sp³-hybridized carbons (Fsp3) is 0.566. The van der Waals surface area contributed by atoms with E-state index in [4.69, 9.17) is 14.2 Å². The largest absolute Gasteiger partial charge is 0.462 e. The number of rotatable bonds is 57. The number of hydrogen-bond donors (Lipinski definition) is 0. The zero-order valence-electron chi connectivity index (χ0n) is 52.4. The van der Waals surface area contributed by atoms with Gasteiger partial charge in [-0.1, -0.05) is 267 Å². The van der Waals surface area contributed by atoms with Gasteiger partial charge in [0, 0.05) is 19.3 Å². The first kappa shape index (κ1) is 76.5. The molecular weight excluding hydrogens is 1010 g/mol. The Balaban J connectivity index is 4.39. The highest BCUT2D eigenvalue weighted by Crippen LogP contribution is 2.13. The van der Waals surface area contributed by atoms with Crippen molar-refractivity contribution in [3.8, 4) is 0 Å². The maximum atomic E-state index is 12.9. The number of carbonyl (C=O) groups is 3. The van der Waals surface area contributed by atoms with E-state index in [0.717, 1.165) is 205 Å². The van der Waals surface area contributed by atoms with Gasteiger partial charge in [0.1, 0.15) is 13.2 Å². The Bertz CT molecular complexity index is 1920. The Morgan fingerprint density at radius 3 is 0.756 bits per heavy atom. The minimum atomic E-state index is -0.812. The van der Waals surface area contributed by atoms with Gasteiger partial charge in [-0.25, -0.2) is 0 Å². The molecule has 0 amide bonds. The molecular formula is C76H118O6. The van der Waals surface area contributed by atoms with Gasteiger partial charge in [0.2, 0.25) is 0 Å². The van der Waals surface area contributed by atoms with Gasteiger partial charge in [0.05, 0.1) is 0 Å². The summed E-state index contributed by atoms with van der Waals surface area (Å²) in [6.07, 6.45) is 102. The van der Waals surface area contributed by atoms with Crippen LogP contribution in [0.25, 0.3) is 0 Å². The van der Waals surface area contributed by atoms with Crippen LogP contribution in [0.5, 0.6) is 0 Å². The minimum Gasteiger partial charge on any atom is -0.462 e. The highest BCUT2D eigenvalue weighted by molar-refractivity contribution is 5.71. The number of ether oxygens (including phenoxy) is 3. The highest BCUT2D eigenvalue weighted by Gasteiger charge is 2.19. The first-order valence-electron chi connectivity index (χ1n) is 32.8. The molecule has 6 nitrogen and oxygen atoms in total. The van der Waals surface area contributed by atoms with E-state index in [1.54, 1.807) is 0 Å². The van der Waals surface area contributed by atoms with E-state index in [9.17, 15) is 14.4 Å². The van der Waals surface area contributed by atoms with E-state index in [-0.39, 0.29) is 37.5 Å².